The van der Waals surface area contributed by atoms with Crippen LogP contribution >= 0.6 is 11.6 Å². The first kappa shape index (κ1) is 19.5. The fourth-order valence-corrected chi connectivity index (χ4v) is 3.33. The van der Waals surface area contributed by atoms with E-state index < -0.39 is 17.8 Å². The van der Waals surface area contributed by atoms with Crippen molar-refractivity contribution in [2.24, 2.45) is 0 Å². The molecule has 1 unspecified atom stereocenters. The molecule has 6 nitrogen and oxygen atoms in total. The summed E-state index contributed by atoms with van der Waals surface area (Å²) < 4.78 is 13.8. The molecular formula is C19H22ClFN4O2. The highest BCUT2D eigenvalue weighted by molar-refractivity contribution is 6.30. The van der Waals surface area contributed by atoms with Crippen molar-refractivity contribution < 1.29 is 14.3 Å². The highest BCUT2D eigenvalue weighted by Gasteiger charge is 2.31. The van der Waals surface area contributed by atoms with Gasteiger partial charge < -0.3 is 10.0 Å². The molecule has 1 atom stereocenters. The molecule has 8 heteroatoms. The summed E-state index contributed by atoms with van der Waals surface area (Å²) in [7, 11) is 0. The Bertz CT molecular complexity index is 825. The van der Waals surface area contributed by atoms with Gasteiger partial charge in [-0.1, -0.05) is 31.5 Å². The second-order valence-corrected chi connectivity index (χ2v) is 7.28. The Morgan fingerprint density at radius 2 is 1.93 bits per heavy atom. The molecule has 3 rings (SSSR count). The standard InChI is InChI=1S/C19H22ClFN4O2/c1-12(2)16-5-6-22-19(23-16)25-9-7-24(8-10-25)17(18(26)27)13-3-4-14(20)15(21)11-13/h3-6,11-12,17H,7-10H2,1-2H3,(H,26,27). The number of hydrogen-bond donors (Lipinski definition) is 1. The van der Waals surface area contributed by atoms with Crippen molar-refractivity contribution in [2.45, 2.75) is 25.8 Å². The van der Waals surface area contributed by atoms with Crippen LogP contribution in [-0.2, 0) is 4.79 Å². The molecule has 1 aromatic heterocycles. The SMILES string of the molecule is CC(C)c1ccnc(N2CCN(C(C(=O)O)c3ccc(Cl)c(F)c3)CC2)n1. The molecule has 144 valence electrons. The van der Waals surface area contributed by atoms with Gasteiger partial charge in [-0.3, -0.25) is 9.69 Å². The van der Waals surface area contributed by atoms with E-state index in [4.69, 9.17) is 11.6 Å². The normalized spacial score (nSPS) is 16.6. The van der Waals surface area contributed by atoms with Crippen molar-refractivity contribution >= 4 is 23.5 Å². The number of piperazine rings is 1. The number of aromatic nitrogens is 2. The van der Waals surface area contributed by atoms with E-state index in [1.54, 1.807) is 12.3 Å². The highest BCUT2D eigenvalue weighted by atomic mass is 35.5. The molecular weight excluding hydrogens is 371 g/mol. The van der Waals surface area contributed by atoms with E-state index in [1.807, 2.05) is 15.9 Å². The zero-order valence-electron chi connectivity index (χ0n) is 15.3. The first-order chi connectivity index (χ1) is 12.9. The smallest absolute Gasteiger partial charge is 0.325 e. The van der Waals surface area contributed by atoms with Crippen molar-refractivity contribution in [1.29, 1.82) is 0 Å². The lowest BCUT2D eigenvalue weighted by Crippen LogP contribution is -2.49. The average molecular weight is 393 g/mol. The lowest BCUT2D eigenvalue weighted by molar-refractivity contribution is -0.143. The molecule has 0 amide bonds. The van der Waals surface area contributed by atoms with Crippen molar-refractivity contribution in [3.63, 3.8) is 0 Å². The van der Waals surface area contributed by atoms with Crippen LogP contribution in [0.25, 0.3) is 0 Å². The summed E-state index contributed by atoms with van der Waals surface area (Å²) in [5.74, 6) is -0.657. The molecule has 0 radical (unpaired) electrons. The third kappa shape index (κ3) is 4.36. The van der Waals surface area contributed by atoms with Crippen LogP contribution in [0.15, 0.2) is 30.5 Å². The Morgan fingerprint density at radius 1 is 1.22 bits per heavy atom. The number of nitrogens with zero attached hydrogens (tertiary/aromatic N) is 4. The van der Waals surface area contributed by atoms with Gasteiger partial charge in [0.2, 0.25) is 5.95 Å². The van der Waals surface area contributed by atoms with Gasteiger partial charge in [0.1, 0.15) is 11.9 Å². The molecule has 1 fully saturated rings. The van der Waals surface area contributed by atoms with E-state index in [-0.39, 0.29) is 5.02 Å². The number of carboxylic acids is 1. The number of hydrogen-bond acceptors (Lipinski definition) is 5. The molecule has 0 spiro atoms. The topological polar surface area (TPSA) is 69.6 Å². The lowest BCUT2D eigenvalue weighted by atomic mass is 10.0. The molecule has 0 bridgehead atoms. The van der Waals surface area contributed by atoms with Crippen molar-refractivity contribution in [1.82, 2.24) is 14.9 Å². The van der Waals surface area contributed by atoms with Gasteiger partial charge >= 0.3 is 5.97 Å². The van der Waals surface area contributed by atoms with Crippen LogP contribution in [0.4, 0.5) is 10.3 Å². The summed E-state index contributed by atoms with van der Waals surface area (Å²) in [5.41, 5.74) is 1.36. The van der Waals surface area contributed by atoms with E-state index in [2.05, 4.69) is 23.8 Å². The maximum absolute atomic E-state index is 13.8. The minimum Gasteiger partial charge on any atom is -0.480 e. The van der Waals surface area contributed by atoms with Crippen LogP contribution in [0.2, 0.25) is 5.02 Å². The average Bonchev–Trinajstić information content (AvgIpc) is 2.65. The van der Waals surface area contributed by atoms with Crippen molar-refractivity contribution in [3.05, 3.63) is 52.6 Å². The van der Waals surface area contributed by atoms with Crippen molar-refractivity contribution in [2.75, 3.05) is 31.1 Å². The van der Waals surface area contributed by atoms with Crippen LogP contribution in [0.5, 0.6) is 0 Å². The quantitative estimate of drug-likeness (QED) is 0.841. The van der Waals surface area contributed by atoms with Gasteiger partial charge in [0, 0.05) is 38.1 Å². The number of aliphatic carboxylic acids is 1. The van der Waals surface area contributed by atoms with Gasteiger partial charge in [0.05, 0.1) is 5.02 Å². The Kier molecular flexibility index (Phi) is 5.92. The third-order valence-electron chi connectivity index (χ3n) is 4.71. The van der Waals surface area contributed by atoms with Crippen LogP contribution in [0.3, 0.4) is 0 Å². The Labute approximate surface area is 162 Å². The second-order valence-electron chi connectivity index (χ2n) is 6.87. The largest absolute Gasteiger partial charge is 0.480 e. The number of benzene rings is 1. The molecule has 1 aromatic carbocycles. The summed E-state index contributed by atoms with van der Waals surface area (Å²) in [4.78, 5) is 24.6. The van der Waals surface area contributed by atoms with Crippen LogP contribution in [0.1, 0.15) is 37.1 Å². The van der Waals surface area contributed by atoms with Gasteiger partial charge in [0.15, 0.2) is 0 Å². The van der Waals surface area contributed by atoms with E-state index in [0.29, 0.717) is 43.6 Å². The maximum Gasteiger partial charge on any atom is 0.325 e. The van der Waals surface area contributed by atoms with E-state index >= 15 is 0 Å². The van der Waals surface area contributed by atoms with Crippen LogP contribution < -0.4 is 4.90 Å². The minimum absolute atomic E-state index is 0.0186. The first-order valence-corrected chi connectivity index (χ1v) is 9.24. The van der Waals surface area contributed by atoms with Gasteiger partial charge in [-0.05, 0) is 29.7 Å². The van der Waals surface area contributed by atoms with Crippen molar-refractivity contribution in [3.8, 4) is 0 Å². The summed E-state index contributed by atoms with van der Waals surface area (Å²) in [6, 6.07) is 5.14. The van der Waals surface area contributed by atoms with E-state index in [9.17, 15) is 14.3 Å². The third-order valence-corrected chi connectivity index (χ3v) is 5.02. The van der Waals surface area contributed by atoms with Gasteiger partial charge in [-0.25, -0.2) is 14.4 Å². The summed E-state index contributed by atoms with van der Waals surface area (Å²) in [5, 5.41) is 9.67. The molecule has 1 aliphatic rings. The van der Waals surface area contributed by atoms with Crippen LogP contribution in [-0.4, -0.2) is 52.1 Å². The van der Waals surface area contributed by atoms with Crippen LogP contribution in [0, 0.1) is 5.82 Å². The molecule has 1 saturated heterocycles. The Morgan fingerprint density at radius 3 is 2.52 bits per heavy atom. The fraction of sp³-hybridized carbons (Fsp3) is 0.421. The zero-order chi connectivity index (χ0) is 19.6. The van der Waals surface area contributed by atoms with E-state index in [0.717, 1.165) is 5.69 Å². The summed E-state index contributed by atoms with van der Waals surface area (Å²) in [6.07, 6.45) is 1.75. The summed E-state index contributed by atoms with van der Waals surface area (Å²) in [6.45, 7) is 6.37. The van der Waals surface area contributed by atoms with Gasteiger partial charge in [-0.2, -0.15) is 0 Å². The molecule has 1 aliphatic heterocycles. The lowest BCUT2D eigenvalue weighted by Gasteiger charge is -2.37. The number of rotatable bonds is 5. The fourth-order valence-electron chi connectivity index (χ4n) is 3.21. The molecule has 27 heavy (non-hydrogen) atoms. The van der Waals surface area contributed by atoms with Gasteiger partial charge in [0.25, 0.3) is 0 Å². The predicted molar refractivity (Wildman–Crippen MR) is 102 cm³/mol. The second kappa shape index (κ2) is 8.19. The van der Waals surface area contributed by atoms with Gasteiger partial charge in [-0.15, -0.1) is 0 Å². The minimum atomic E-state index is -1.01. The Balaban J connectivity index is 1.74. The summed E-state index contributed by atoms with van der Waals surface area (Å²) >= 11 is 5.72. The number of carbonyl (C=O) groups is 1. The highest BCUT2D eigenvalue weighted by Crippen LogP contribution is 2.27. The number of carboxylic acid groups (broad SMARTS) is 1. The molecule has 2 aromatic rings. The maximum atomic E-state index is 13.8. The molecule has 2 heterocycles. The first-order valence-electron chi connectivity index (χ1n) is 8.86. The molecule has 1 N–H and O–H groups in total. The van der Waals surface area contributed by atoms with E-state index in [1.165, 1.54) is 12.1 Å². The predicted octanol–water partition coefficient (Wildman–Crippen LogP) is 3.34. The number of halogens is 2. The molecule has 0 saturated carbocycles. The Hall–Kier alpha value is -2.25. The molecule has 0 aliphatic carbocycles. The zero-order valence-corrected chi connectivity index (χ0v) is 16.0. The number of anilines is 1. The monoisotopic (exact) mass is 392 g/mol.